The quantitative estimate of drug-likeness (QED) is 0.428. The molecular formula is C19H27BrCl2N2O3. The Kier molecular flexibility index (Phi) is 14.4. The molecule has 0 aromatic heterocycles. The van der Waals surface area contributed by atoms with Crippen molar-refractivity contribution in [2.24, 2.45) is 0 Å². The van der Waals surface area contributed by atoms with Gasteiger partial charge in [0, 0.05) is 26.2 Å². The molecule has 0 radical (unpaired) electrons. The summed E-state index contributed by atoms with van der Waals surface area (Å²) in [5.41, 5.74) is 2.22. The summed E-state index contributed by atoms with van der Waals surface area (Å²) in [6.07, 6.45) is 0. The van der Waals surface area contributed by atoms with Crippen LogP contribution in [0.5, 0.6) is 11.5 Å². The summed E-state index contributed by atoms with van der Waals surface area (Å²) in [4.78, 5) is 0. The van der Waals surface area contributed by atoms with E-state index in [-0.39, 0.29) is 31.4 Å². The van der Waals surface area contributed by atoms with Crippen LogP contribution in [-0.4, -0.2) is 38.5 Å². The molecule has 5 nitrogen and oxygen atoms in total. The molecule has 0 saturated heterocycles. The number of methoxy groups -OCH3 is 1. The zero-order valence-electron chi connectivity index (χ0n) is 15.2. The molecular weight excluding hydrogens is 455 g/mol. The van der Waals surface area contributed by atoms with Crippen molar-refractivity contribution in [1.82, 2.24) is 10.6 Å². The van der Waals surface area contributed by atoms with Crippen LogP contribution in [0.2, 0.25) is 0 Å². The van der Waals surface area contributed by atoms with Gasteiger partial charge in [-0.25, -0.2) is 0 Å². The van der Waals surface area contributed by atoms with E-state index < -0.39 is 0 Å². The normalized spacial score (nSPS) is 9.89. The SMILES string of the molecule is COc1cc(CNCCNCCO)cc(Br)c1OCc1ccccc1.Cl.Cl. The van der Waals surface area contributed by atoms with Gasteiger partial charge in [0.15, 0.2) is 11.5 Å². The predicted molar refractivity (Wildman–Crippen MR) is 118 cm³/mol. The Hall–Kier alpha value is -1.02. The first kappa shape index (κ1) is 26.0. The van der Waals surface area contributed by atoms with Crippen LogP contribution in [0.15, 0.2) is 46.9 Å². The fourth-order valence-corrected chi connectivity index (χ4v) is 2.96. The lowest BCUT2D eigenvalue weighted by Gasteiger charge is -2.15. The fraction of sp³-hybridized carbons (Fsp3) is 0.368. The Bertz CT molecular complexity index is 648. The van der Waals surface area contributed by atoms with E-state index in [1.807, 2.05) is 42.5 Å². The third-order valence-corrected chi connectivity index (χ3v) is 4.20. The molecule has 8 heteroatoms. The van der Waals surface area contributed by atoms with E-state index in [4.69, 9.17) is 14.6 Å². The number of nitrogens with one attached hydrogen (secondary N) is 2. The fourth-order valence-electron chi connectivity index (χ4n) is 2.36. The highest BCUT2D eigenvalue weighted by Gasteiger charge is 2.12. The summed E-state index contributed by atoms with van der Waals surface area (Å²) in [7, 11) is 1.65. The van der Waals surface area contributed by atoms with Crippen LogP contribution >= 0.6 is 40.7 Å². The van der Waals surface area contributed by atoms with Crippen LogP contribution < -0.4 is 20.1 Å². The topological polar surface area (TPSA) is 62.8 Å². The summed E-state index contributed by atoms with van der Waals surface area (Å²) < 4.78 is 12.3. The van der Waals surface area contributed by atoms with Gasteiger partial charge in [-0.15, -0.1) is 24.8 Å². The summed E-state index contributed by atoms with van der Waals surface area (Å²) in [5.74, 6) is 1.42. The van der Waals surface area contributed by atoms with Crippen molar-refractivity contribution in [3.63, 3.8) is 0 Å². The zero-order chi connectivity index (χ0) is 17.9. The number of halogens is 3. The van der Waals surface area contributed by atoms with E-state index >= 15 is 0 Å². The lowest BCUT2D eigenvalue weighted by molar-refractivity contribution is 0.282. The molecule has 0 aliphatic carbocycles. The second-order valence-corrected chi connectivity index (χ2v) is 6.39. The molecule has 152 valence electrons. The van der Waals surface area contributed by atoms with Gasteiger partial charge in [-0.2, -0.15) is 0 Å². The van der Waals surface area contributed by atoms with Gasteiger partial charge in [0.05, 0.1) is 18.2 Å². The molecule has 3 N–H and O–H groups in total. The third kappa shape index (κ3) is 9.14. The molecule has 0 fully saturated rings. The highest BCUT2D eigenvalue weighted by molar-refractivity contribution is 9.10. The highest BCUT2D eigenvalue weighted by atomic mass is 79.9. The van der Waals surface area contributed by atoms with Gasteiger partial charge < -0.3 is 25.2 Å². The molecule has 2 aromatic rings. The number of benzene rings is 2. The molecule has 27 heavy (non-hydrogen) atoms. The molecule has 2 rings (SSSR count). The molecule has 2 aromatic carbocycles. The molecule has 0 amide bonds. The van der Waals surface area contributed by atoms with Crippen LogP contribution in [0.1, 0.15) is 11.1 Å². The molecule has 0 atom stereocenters. The molecule has 0 unspecified atom stereocenters. The molecule has 0 bridgehead atoms. The van der Waals surface area contributed by atoms with Crippen LogP contribution in [0.25, 0.3) is 0 Å². The van der Waals surface area contributed by atoms with Gasteiger partial charge in [0.1, 0.15) is 6.61 Å². The minimum absolute atomic E-state index is 0. The smallest absolute Gasteiger partial charge is 0.175 e. The Labute approximate surface area is 181 Å². The number of aliphatic hydroxyl groups excluding tert-OH is 1. The second kappa shape index (κ2) is 15.0. The van der Waals surface area contributed by atoms with Gasteiger partial charge in [-0.1, -0.05) is 30.3 Å². The van der Waals surface area contributed by atoms with E-state index in [0.29, 0.717) is 24.7 Å². The van der Waals surface area contributed by atoms with Crippen molar-refractivity contribution in [3.8, 4) is 11.5 Å². The van der Waals surface area contributed by atoms with E-state index in [0.717, 1.165) is 35.2 Å². The Morgan fingerprint density at radius 1 is 0.963 bits per heavy atom. The predicted octanol–water partition coefficient (Wildman–Crippen LogP) is 3.55. The van der Waals surface area contributed by atoms with Crippen LogP contribution in [0, 0.1) is 0 Å². The largest absolute Gasteiger partial charge is 0.493 e. The molecule has 0 aliphatic rings. The van der Waals surface area contributed by atoms with Gasteiger partial charge >= 0.3 is 0 Å². The molecule has 0 heterocycles. The maximum Gasteiger partial charge on any atom is 0.175 e. The number of hydrogen-bond acceptors (Lipinski definition) is 5. The Balaban J connectivity index is 0.00000338. The number of hydrogen-bond donors (Lipinski definition) is 3. The van der Waals surface area contributed by atoms with Crippen molar-refractivity contribution in [3.05, 3.63) is 58.1 Å². The minimum Gasteiger partial charge on any atom is -0.493 e. The maximum atomic E-state index is 8.72. The van der Waals surface area contributed by atoms with Crippen molar-refractivity contribution in [2.75, 3.05) is 33.4 Å². The summed E-state index contributed by atoms with van der Waals surface area (Å²) >= 11 is 3.58. The monoisotopic (exact) mass is 480 g/mol. The van der Waals surface area contributed by atoms with E-state index in [9.17, 15) is 0 Å². The van der Waals surface area contributed by atoms with Gasteiger partial charge in [-0.3, -0.25) is 0 Å². The average Bonchev–Trinajstić information content (AvgIpc) is 2.64. The lowest BCUT2D eigenvalue weighted by atomic mass is 10.2. The van der Waals surface area contributed by atoms with Gasteiger partial charge in [0.2, 0.25) is 0 Å². The molecule has 0 aliphatic heterocycles. The van der Waals surface area contributed by atoms with Crippen molar-refractivity contribution in [2.45, 2.75) is 13.2 Å². The standard InChI is InChI=1S/C19H25BrN2O3.2ClH/c1-24-18-12-16(13-22-8-7-21-9-10-23)11-17(20)19(18)25-14-15-5-3-2-4-6-15;;/h2-6,11-12,21-23H,7-10,13-14H2,1H3;2*1H. The van der Waals surface area contributed by atoms with E-state index in [2.05, 4.69) is 26.6 Å². The van der Waals surface area contributed by atoms with Gasteiger partial charge in [0.25, 0.3) is 0 Å². The van der Waals surface area contributed by atoms with E-state index in [1.54, 1.807) is 7.11 Å². The minimum atomic E-state index is 0. The van der Waals surface area contributed by atoms with Crippen molar-refractivity contribution < 1.29 is 14.6 Å². The number of ether oxygens (including phenoxy) is 2. The Morgan fingerprint density at radius 3 is 2.33 bits per heavy atom. The summed E-state index contributed by atoms with van der Waals surface area (Å²) in [6, 6.07) is 14.1. The first-order valence-electron chi connectivity index (χ1n) is 8.30. The summed E-state index contributed by atoms with van der Waals surface area (Å²) in [5, 5.41) is 15.2. The third-order valence-electron chi connectivity index (χ3n) is 3.61. The summed E-state index contributed by atoms with van der Waals surface area (Å²) in [6.45, 7) is 3.64. The second-order valence-electron chi connectivity index (χ2n) is 5.53. The van der Waals surface area contributed by atoms with Crippen LogP contribution in [0.3, 0.4) is 0 Å². The zero-order valence-corrected chi connectivity index (χ0v) is 18.5. The number of rotatable bonds is 11. The van der Waals surface area contributed by atoms with Gasteiger partial charge in [-0.05, 0) is 39.2 Å². The van der Waals surface area contributed by atoms with Crippen LogP contribution in [-0.2, 0) is 13.2 Å². The molecule has 0 spiro atoms. The van der Waals surface area contributed by atoms with E-state index in [1.165, 1.54) is 0 Å². The van der Waals surface area contributed by atoms with Crippen molar-refractivity contribution in [1.29, 1.82) is 0 Å². The average molecular weight is 482 g/mol. The first-order chi connectivity index (χ1) is 12.2. The van der Waals surface area contributed by atoms with Crippen LogP contribution in [0.4, 0.5) is 0 Å². The maximum absolute atomic E-state index is 8.72. The lowest BCUT2D eigenvalue weighted by Crippen LogP contribution is -2.28. The molecule has 0 saturated carbocycles. The highest BCUT2D eigenvalue weighted by Crippen LogP contribution is 2.37. The first-order valence-corrected chi connectivity index (χ1v) is 9.09. The Morgan fingerprint density at radius 2 is 1.67 bits per heavy atom. The van der Waals surface area contributed by atoms with Crippen molar-refractivity contribution >= 4 is 40.7 Å². The number of aliphatic hydroxyl groups is 1.